The van der Waals surface area contributed by atoms with Crippen LogP contribution in [-0.4, -0.2) is 34.4 Å². The van der Waals surface area contributed by atoms with Crippen LogP contribution in [0, 0.1) is 6.92 Å². The molecule has 0 bridgehead atoms. The SMILES string of the molecule is CCC1(c2ccc(Cl)cc2)NC(=O)N(CC(=O)Nc2cc(C)no2)C1=O. The fourth-order valence-corrected chi connectivity index (χ4v) is 3.01. The number of aromatic nitrogens is 1. The maximum Gasteiger partial charge on any atom is 0.325 e. The van der Waals surface area contributed by atoms with Gasteiger partial charge in [0.1, 0.15) is 12.1 Å². The van der Waals surface area contributed by atoms with Crippen LogP contribution in [0.3, 0.4) is 0 Å². The third-order valence-corrected chi connectivity index (χ3v) is 4.49. The van der Waals surface area contributed by atoms with Crippen molar-refractivity contribution in [2.45, 2.75) is 25.8 Å². The lowest BCUT2D eigenvalue weighted by molar-refractivity contribution is -0.134. The number of halogens is 1. The van der Waals surface area contributed by atoms with Gasteiger partial charge in [0.05, 0.1) is 5.69 Å². The molecule has 1 aromatic carbocycles. The molecule has 2 aromatic rings. The molecule has 0 radical (unpaired) electrons. The van der Waals surface area contributed by atoms with E-state index in [1.54, 1.807) is 38.1 Å². The van der Waals surface area contributed by atoms with E-state index in [9.17, 15) is 14.4 Å². The van der Waals surface area contributed by atoms with E-state index in [1.165, 1.54) is 6.07 Å². The molecule has 1 saturated heterocycles. The average Bonchev–Trinajstić information content (AvgIpc) is 3.11. The zero-order valence-electron chi connectivity index (χ0n) is 14.2. The fraction of sp³-hybridized carbons (Fsp3) is 0.294. The van der Waals surface area contributed by atoms with Crippen molar-refractivity contribution in [1.29, 1.82) is 0 Å². The molecule has 1 aliphatic heterocycles. The Morgan fingerprint density at radius 3 is 2.62 bits per heavy atom. The van der Waals surface area contributed by atoms with Crippen molar-refractivity contribution >= 4 is 35.3 Å². The molecule has 1 unspecified atom stereocenters. The van der Waals surface area contributed by atoms with Crippen molar-refractivity contribution < 1.29 is 18.9 Å². The number of aryl methyl sites for hydroxylation is 1. The van der Waals surface area contributed by atoms with E-state index in [1.807, 2.05) is 0 Å². The number of rotatable bonds is 5. The minimum atomic E-state index is -1.22. The van der Waals surface area contributed by atoms with Crippen molar-refractivity contribution in [3.63, 3.8) is 0 Å². The van der Waals surface area contributed by atoms with Gasteiger partial charge in [-0.1, -0.05) is 35.8 Å². The van der Waals surface area contributed by atoms with Gasteiger partial charge < -0.3 is 9.84 Å². The zero-order chi connectivity index (χ0) is 18.9. The molecule has 8 nitrogen and oxygen atoms in total. The Hall–Kier alpha value is -2.87. The number of nitrogens with zero attached hydrogens (tertiary/aromatic N) is 2. The molecule has 1 atom stereocenters. The molecule has 2 heterocycles. The maximum absolute atomic E-state index is 12.9. The first-order valence-electron chi connectivity index (χ1n) is 7.99. The Morgan fingerprint density at radius 2 is 2.04 bits per heavy atom. The van der Waals surface area contributed by atoms with E-state index in [-0.39, 0.29) is 5.88 Å². The normalized spacial score (nSPS) is 19.6. The van der Waals surface area contributed by atoms with Gasteiger partial charge in [0.15, 0.2) is 0 Å². The highest BCUT2D eigenvalue weighted by Gasteiger charge is 2.51. The number of anilines is 1. The van der Waals surface area contributed by atoms with E-state index < -0.39 is 29.9 Å². The quantitative estimate of drug-likeness (QED) is 0.780. The fourth-order valence-electron chi connectivity index (χ4n) is 2.89. The predicted molar refractivity (Wildman–Crippen MR) is 93.5 cm³/mol. The molecular weight excluding hydrogens is 360 g/mol. The van der Waals surface area contributed by atoms with Gasteiger partial charge in [-0.3, -0.25) is 19.8 Å². The summed E-state index contributed by atoms with van der Waals surface area (Å²) in [5.74, 6) is -0.900. The van der Waals surface area contributed by atoms with Crippen LogP contribution in [0.5, 0.6) is 0 Å². The molecule has 136 valence electrons. The minimum Gasteiger partial charge on any atom is -0.338 e. The van der Waals surface area contributed by atoms with Crippen molar-refractivity contribution in [1.82, 2.24) is 15.4 Å². The third-order valence-electron chi connectivity index (χ3n) is 4.24. The van der Waals surface area contributed by atoms with Crippen LogP contribution in [0.15, 0.2) is 34.9 Å². The van der Waals surface area contributed by atoms with E-state index in [0.717, 1.165) is 4.90 Å². The Balaban J connectivity index is 1.79. The number of amides is 4. The smallest absolute Gasteiger partial charge is 0.325 e. The second-order valence-electron chi connectivity index (χ2n) is 5.97. The maximum atomic E-state index is 12.9. The predicted octanol–water partition coefficient (Wildman–Crippen LogP) is 2.43. The standard InChI is InChI=1S/C17H17ClN4O4/c1-3-17(11-4-6-12(18)7-5-11)15(24)22(16(25)20-17)9-13(23)19-14-8-10(2)21-26-14/h4-8H,3,9H2,1-2H3,(H,19,23)(H,20,25). The van der Waals surface area contributed by atoms with Crippen LogP contribution < -0.4 is 10.6 Å². The largest absolute Gasteiger partial charge is 0.338 e. The topological polar surface area (TPSA) is 105 Å². The van der Waals surface area contributed by atoms with E-state index in [4.69, 9.17) is 16.1 Å². The number of benzene rings is 1. The van der Waals surface area contributed by atoms with Crippen molar-refractivity contribution in [3.05, 3.63) is 46.6 Å². The van der Waals surface area contributed by atoms with E-state index in [2.05, 4.69) is 15.8 Å². The molecular formula is C17H17ClN4O4. The zero-order valence-corrected chi connectivity index (χ0v) is 15.0. The van der Waals surface area contributed by atoms with Gasteiger partial charge in [-0.05, 0) is 31.0 Å². The highest BCUT2D eigenvalue weighted by atomic mass is 35.5. The summed E-state index contributed by atoms with van der Waals surface area (Å²) in [5, 5.41) is 9.35. The van der Waals surface area contributed by atoms with Gasteiger partial charge in [-0.25, -0.2) is 4.79 Å². The summed E-state index contributed by atoms with van der Waals surface area (Å²) in [6.07, 6.45) is 0.332. The molecule has 1 aromatic heterocycles. The second-order valence-corrected chi connectivity index (χ2v) is 6.40. The summed E-state index contributed by atoms with van der Waals surface area (Å²) < 4.78 is 4.90. The van der Waals surface area contributed by atoms with Gasteiger partial charge in [0, 0.05) is 11.1 Å². The summed E-state index contributed by atoms with van der Waals surface area (Å²) in [6.45, 7) is 3.06. The second kappa shape index (κ2) is 6.80. The number of imide groups is 1. The molecule has 1 fully saturated rings. The van der Waals surface area contributed by atoms with Crippen LogP contribution in [0.1, 0.15) is 24.6 Å². The number of carbonyl (C=O) groups excluding carboxylic acids is 3. The van der Waals surface area contributed by atoms with Crippen molar-refractivity contribution in [2.24, 2.45) is 0 Å². The van der Waals surface area contributed by atoms with Gasteiger partial charge in [0.25, 0.3) is 5.91 Å². The Labute approximate surface area is 154 Å². The van der Waals surface area contributed by atoms with Gasteiger partial charge in [-0.15, -0.1) is 0 Å². The van der Waals surface area contributed by atoms with Crippen LogP contribution in [0.25, 0.3) is 0 Å². The molecule has 4 amide bonds. The van der Waals surface area contributed by atoms with Gasteiger partial charge in [0.2, 0.25) is 11.8 Å². The molecule has 26 heavy (non-hydrogen) atoms. The van der Waals surface area contributed by atoms with Crippen molar-refractivity contribution in [2.75, 3.05) is 11.9 Å². The van der Waals surface area contributed by atoms with Crippen LogP contribution in [0.4, 0.5) is 10.7 Å². The van der Waals surface area contributed by atoms with E-state index in [0.29, 0.717) is 22.7 Å². The highest BCUT2D eigenvalue weighted by Crippen LogP contribution is 2.33. The van der Waals surface area contributed by atoms with Gasteiger partial charge in [-0.2, -0.15) is 0 Å². The van der Waals surface area contributed by atoms with Gasteiger partial charge >= 0.3 is 6.03 Å². The summed E-state index contributed by atoms with van der Waals surface area (Å²) in [4.78, 5) is 38.3. The van der Waals surface area contributed by atoms with Crippen LogP contribution in [0.2, 0.25) is 5.02 Å². The number of urea groups is 1. The molecule has 0 saturated carbocycles. The summed E-state index contributed by atoms with van der Waals surface area (Å²) in [5.41, 5.74) is -0.00957. The summed E-state index contributed by atoms with van der Waals surface area (Å²) in [6, 6.07) is 7.57. The van der Waals surface area contributed by atoms with Crippen LogP contribution in [-0.2, 0) is 15.1 Å². The van der Waals surface area contributed by atoms with Crippen LogP contribution >= 0.6 is 11.6 Å². The Kier molecular flexibility index (Phi) is 4.69. The Bertz CT molecular complexity index is 864. The first kappa shape index (κ1) is 17.9. The Morgan fingerprint density at radius 1 is 1.35 bits per heavy atom. The summed E-state index contributed by atoms with van der Waals surface area (Å²) in [7, 11) is 0. The monoisotopic (exact) mass is 376 g/mol. The average molecular weight is 377 g/mol. The molecule has 3 rings (SSSR count). The number of hydrogen-bond donors (Lipinski definition) is 2. The van der Waals surface area contributed by atoms with Crippen molar-refractivity contribution in [3.8, 4) is 0 Å². The number of carbonyl (C=O) groups is 3. The molecule has 9 heteroatoms. The number of nitrogens with one attached hydrogen (secondary N) is 2. The number of hydrogen-bond acceptors (Lipinski definition) is 5. The highest BCUT2D eigenvalue weighted by molar-refractivity contribution is 6.30. The molecule has 0 spiro atoms. The third kappa shape index (κ3) is 3.15. The minimum absolute atomic E-state index is 0.152. The lowest BCUT2D eigenvalue weighted by Gasteiger charge is -2.25. The first-order chi connectivity index (χ1) is 12.4. The lowest BCUT2D eigenvalue weighted by atomic mass is 9.87. The lowest BCUT2D eigenvalue weighted by Crippen LogP contribution is -2.44. The van der Waals surface area contributed by atoms with E-state index >= 15 is 0 Å². The first-order valence-corrected chi connectivity index (χ1v) is 8.37. The molecule has 0 aliphatic carbocycles. The molecule has 2 N–H and O–H groups in total. The molecule has 1 aliphatic rings. The summed E-state index contributed by atoms with van der Waals surface area (Å²) >= 11 is 5.90.